The fourth-order valence-electron chi connectivity index (χ4n) is 3.28. The van der Waals surface area contributed by atoms with Crippen LogP contribution in [-0.4, -0.2) is 64.5 Å². The summed E-state index contributed by atoms with van der Waals surface area (Å²) >= 11 is 1.21. The number of hydrogen-bond acceptors (Lipinski definition) is 9. The number of nitrogen functional groups attached to an aromatic ring is 1. The van der Waals surface area contributed by atoms with Crippen molar-refractivity contribution in [3.8, 4) is 0 Å². The molecule has 12 heteroatoms. The smallest absolute Gasteiger partial charge is 0.461 e. The lowest BCUT2D eigenvalue weighted by Gasteiger charge is -2.55. The molecule has 2 atom stereocenters. The van der Waals surface area contributed by atoms with Crippen LogP contribution in [0.5, 0.6) is 0 Å². The lowest BCUT2D eigenvalue weighted by molar-refractivity contribution is -0.195. The van der Waals surface area contributed by atoms with Gasteiger partial charge in [0.05, 0.1) is 6.42 Å². The number of nitrogens with two attached hydrogens (primary N) is 1. The van der Waals surface area contributed by atoms with Gasteiger partial charge in [0.15, 0.2) is 0 Å². The highest BCUT2D eigenvalue weighted by atomic mass is 32.2. The van der Waals surface area contributed by atoms with Crippen molar-refractivity contribution < 1.29 is 38.5 Å². The summed E-state index contributed by atoms with van der Waals surface area (Å²) in [4.78, 5) is 49.0. The molecule has 0 bridgehead atoms. The Balaban J connectivity index is 1.81. The number of esters is 1. The van der Waals surface area contributed by atoms with E-state index in [0.717, 1.165) is 4.90 Å². The van der Waals surface area contributed by atoms with Crippen LogP contribution in [0.2, 0.25) is 0 Å². The van der Waals surface area contributed by atoms with E-state index in [9.17, 15) is 19.2 Å². The first kappa shape index (κ1) is 22.4. The Morgan fingerprint density at radius 2 is 2.06 bits per heavy atom. The maximum atomic E-state index is 13.0. The number of nitrogens with one attached hydrogen (secondary N) is 1. The van der Waals surface area contributed by atoms with E-state index < -0.39 is 35.0 Å². The number of ether oxygens (including phenoxy) is 3. The van der Waals surface area contributed by atoms with E-state index in [1.807, 2.05) is 0 Å². The molecule has 3 rings (SSSR count). The van der Waals surface area contributed by atoms with Gasteiger partial charge < -0.3 is 30.4 Å². The Kier molecular flexibility index (Phi) is 6.41. The van der Waals surface area contributed by atoms with Crippen LogP contribution >= 0.6 is 11.8 Å². The van der Waals surface area contributed by atoms with Crippen LogP contribution in [0.1, 0.15) is 12.5 Å². The van der Waals surface area contributed by atoms with Crippen molar-refractivity contribution in [2.24, 2.45) is 0 Å². The highest BCUT2D eigenvalue weighted by molar-refractivity contribution is 8.00. The molecule has 1 saturated heterocycles. The molecule has 1 unspecified atom stereocenters. The Bertz CT molecular complexity index is 965. The van der Waals surface area contributed by atoms with Crippen LogP contribution in [0.3, 0.4) is 0 Å². The lowest BCUT2D eigenvalue weighted by atomic mass is 9.99. The quantitative estimate of drug-likeness (QED) is 0.233. The number of amides is 2. The van der Waals surface area contributed by atoms with Crippen molar-refractivity contribution in [1.82, 2.24) is 10.2 Å². The molecule has 166 valence electrons. The molecule has 0 spiro atoms. The van der Waals surface area contributed by atoms with Gasteiger partial charge in [-0.1, -0.05) is 18.2 Å². The number of thioether (sulfide) groups is 1. The Labute approximate surface area is 181 Å². The maximum Gasteiger partial charge on any atom is 0.512 e. The van der Waals surface area contributed by atoms with Crippen LogP contribution < -0.4 is 11.1 Å². The number of hydrogen-bond donors (Lipinski definition) is 3. The molecule has 4 N–H and O–H groups in total. The van der Waals surface area contributed by atoms with Crippen molar-refractivity contribution in [3.63, 3.8) is 0 Å². The predicted molar refractivity (Wildman–Crippen MR) is 108 cm³/mol. The van der Waals surface area contributed by atoms with Crippen molar-refractivity contribution in [2.45, 2.75) is 24.4 Å². The third-order valence-electron chi connectivity index (χ3n) is 4.74. The molecule has 0 aliphatic carbocycles. The van der Waals surface area contributed by atoms with E-state index >= 15 is 0 Å². The fourth-order valence-corrected chi connectivity index (χ4v) is 4.68. The van der Waals surface area contributed by atoms with Crippen LogP contribution in [0, 0.1) is 0 Å². The maximum absolute atomic E-state index is 13.0. The Morgan fingerprint density at radius 1 is 1.35 bits per heavy atom. The fraction of sp³-hybridized carbons (Fsp3) is 0.368. The second-order valence-electron chi connectivity index (χ2n) is 6.76. The minimum atomic E-state index is -1.70. The van der Waals surface area contributed by atoms with Gasteiger partial charge in [-0.25, -0.2) is 4.79 Å². The normalized spacial score (nSPS) is 22.3. The summed E-state index contributed by atoms with van der Waals surface area (Å²) in [6.07, 6.45) is -1.71. The molecule has 0 aromatic heterocycles. The minimum absolute atomic E-state index is 0.0749. The highest BCUT2D eigenvalue weighted by Gasteiger charge is 2.66. The van der Waals surface area contributed by atoms with Crippen LogP contribution in [-0.2, 0) is 35.0 Å². The van der Waals surface area contributed by atoms with Gasteiger partial charge in [0.25, 0.3) is 11.6 Å². The molecule has 2 amide bonds. The summed E-state index contributed by atoms with van der Waals surface area (Å²) in [6.45, 7) is 0.970. The van der Waals surface area contributed by atoms with Crippen molar-refractivity contribution in [1.29, 1.82) is 0 Å². The summed E-state index contributed by atoms with van der Waals surface area (Å²) in [6, 6.07) is 6.83. The molecule has 1 aromatic rings. The number of methoxy groups -OCH3 is 1. The van der Waals surface area contributed by atoms with Gasteiger partial charge in [-0.05, 0) is 11.6 Å². The number of nitrogens with zero attached hydrogens (tertiary/aromatic N) is 1. The second kappa shape index (κ2) is 8.86. The van der Waals surface area contributed by atoms with Gasteiger partial charge in [-0.3, -0.25) is 19.3 Å². The van der Waals surface area contributed by atoms with Crippen molar-refractivity contribution >= 4 is 41.4 Å². The summed E-state index contributed by atoms with van der Waals surface area (Å²) < 4.78 is 15.1. The van der Waals surface area contributed by atoms with Crippen LogP contribution in [0.25, 0.3) is 0 Å². The average molecular weight is 451 g/mol. The zero-order chi connectivity index (χ0) is 22.8. The number of benzene rings is 1. The molecule has 2 heterocycles. The highest BCUT2D eigenvalue weighted by Crippen LogP contribution is 2.46. The molecular formula is C19H21N3O8S. The van der Waals surface area contributed by atoms with E-state index in [0.29, 0.717) is 16.8 Å². The van der Waals surface area contributed by atoms with Crippen LogP contribution in [0.15, 0.2) is 35.7 Å². The summed E-state index contributed by atoms with van der Waals surface area (Å²) in [7, 11) is 1.27. The molecule has 31 heavy (non-hydrogen) atoms. The molecule has 11 nitrogen and oxygen atoms in total. The summed E-state index contributed by atoms with van der Waals surface area (Å²) in [5.74, 6) is -1.83. The van der Waals surface area contributed by atoms with Crippen molar-refractivity contribution in [3.05, 3.63) is 41.3 Å². The number of carbonyl (C=O) groups is 4. The minimum Gasteiger partial charge on any atom is -0.461 e. The molecular weight excluding hydrogens is 430 g/mol. The van der Waals surface area contributed by atoms with Crippen molar-refractivity contribution in [2.75, 3.05) is 25.2 Å². The van der Waals surface area contributed by atoms with Gasteiger partial charge >= 0.3 is 12.1 Å². The van der Waals surface area contributed by atoms with Gasteiger partial charge in [-0.15, -0.1) is 11.8 Å². The molecule has 1 fully saturated rings. The third kappa shape index (κ3) is 4.30. The number of para-hydroxylation sites is 1. The Morgan fingerprint density at radius 3 is 2.68 bits per heavy atom. The summed E-state index contributed by atoms with van der Waals surface area (Å²) in [5, 5.41) is 10.9. The first-order valence-corrected chi connectivity index (χ1v) is 10.2. The monoisotopic (exact) mass is 451 g/mol. The predicted octanol–water partition coefficient (Wildman–Crippen LogP) is 0.655. The molecule has 2 aliphatic heterocycles. The van der Waals surface area contributed by atoms with E-state index in [4.69, 9.17) is 25.1 Å². The third-order valence-corrected chi connectivity index (χ3v) is 6.12. The van der Waals surface area contributed by atoms with E-state index in [1.54, 1.807) is 24.3 Å². The number of β-lactam (4-membered cyclic amide) rings is 1. The molecule has 0 saturated carbocycles. The SMILES string of the molecule is COC1(NC(=O)Cc2ccccc2N)C(=O)N2C(OC(=O)O)=C(COC(C)=O)CS[C@H]21. The summed E-state index contributed by atoms with van der Waals surface area (Å²) in [5.41, 5.74) is 5.50. The standard InChI is InChI=1S/C19H21N3O8S/c1-10(23)29-8-12-9-31-17-19(28-2,16(25)22(17)15(12)30-18(26)27)21-14(24)7-11-5-3-4-6-13(11)20/h3-6,17H,7-9,20H2,1-2H3,(H,21,24)(H,26,27)/t17-,19?/m0/s1. The first-order chi connectivity index (χ1) is 14.7. The largest absolute Gasteiger partial charge is 0.512 e. The number of rotatable bonds is 7. The van der Waals surface area contributed by atoms with E-state index in [2.05, 4.69) is 5.32 Å². The van der Waals surface area contributed by atoms with Gasteiger partial charge in [0.2, 0.25) is 11.8 Å². The van der Waals surface area contributed by atoms with Gasteiger partial charge in [0, 0.05) is 31.0 Å². The van der Waals surface area contributed by atoms with Gasteiger partial charge in [0.1, 0.15) is 12.0 Å². The van der Waals surface area contributed by atoms with Gasteiger partial charge in [-0.2, -0.15) is 0 Å². The molecule has 2 aliphatic rings. The number of carbonyl (C=O) groups excluding carboxylic acids is 3. The topological polar surface area (TPSA) is 157 Å². The van der Waals surface area contributed by atoms with E-state index in [-0.39, 0.29) is 24.7 Å². The Hall–Kier alpha value is -3.25. The lowest BCUT2D eigenvalue weighted by Crippen LogP contribution is -2.80. The second-order valence-corrected chi connectivity index (χ2v) is 7.83. The zero-order valence-electron chi connectivity index (χ0n) is 16.7. The number of fused-ring (bicyclic) bond motifs is 1. The van der Waals surface area contributed by atoms with E-state index in [1.165, 1.54) is 25.8 Å². The molecule has 0 radical (unpaired) electrons. The first-order valence-electron chi connectivity index (χ1n) is 9.10. The van der Waals surface area contributed by atoms with Crippen LogP contribution in [0.4, 0.5) is 10.5 Å². The molecule has 1 aromatic carbocycles. The number of anilines is 1. The average Bonchev–Trinajstić information content (AvgIpc) is 2.71. The zero-order valence-corrected chi connectivity index (χ0v) is 17.6. The number of carboxylic acid groups (broad SMARTS) is 1.